The summed E-state index contributed by atoms with van der Waals surface area (Å²) in [6.07, 6.45) is 4.11. The normalized spacial score (nSPS) is 11.7. The quantitative estimate of drug-likeness (QED) is 0.272. The zero-order valence-electron chi connectivity index (χ0n) is 21.5. The van der Waals surface area contributed by atoms with Crippen LogP contribution in [-0.4, -0.2) is 41.6 Å². The summed E-state index contributed by atoms with van der Waals surface area (Å²) in [6.45, 7) is 8.39. The van der Waals surface area contributed by atoms with Crippen LogP contribution in [0.1, 0.15) is 31.9 Å². The lowest BCUT2D eigenvalue weighted by Crippen LogP contribution is -2.17. The standard InChI is InChI=1S/C27H28ClN5O4S/c1-18-5-7-19(8-6-18)23-24(33-38(34,35)22-11-9-20(10-12-22)27(2,3)4)31-17-32-25(23)36-13-14-37-26-29-15-21(28)16-30-26/h5-12,15-17H,13-14H2,1-4H3,(H,31,32,33). The third-order valence-electron chi connectivity index (χ3n) is 5.56. The van der Waals surface area contributed by atoms with E-state index in [-0.39, 0.29) is 41.2 Å². The van der Waals surface area contributed by atoms with E-state index in [0.717, 1.165) is 11.1 Å². The van der Waals surface area contributed by atoms with E-state index < -0.39 is 10.0 Å². The predicted octanol–water partition coefficient (Wildman–Crippen LogP) is 5.45. The van der Waals surface area contributed by atoms with E-state index in [2.05, 4.69) is 45.4 Å². The van der Waals surface area contributed by atoms with Crippen LogP contribution in [0.5, 0.6) is 11.9 Å². The maximum atomic E-state index is 13.3. The van der Waals surface area contributed by atoms with Crippen molar-refractivity contribution in [3.8, 4) is 23.0 Å². The fourth-order valence-corrected chi connectivity index (χ4v) is 4.62. The maximum Gasteiger partial charge on any atom is 0.316 e. The van der Waals surface area contributed by atoms with Crippen LogP contribution in [0, 0.1) is 6.92 Å². The lowest BCUT2D eigenvalue weighted by molar-refractivity contribution is 0.202. The van der Waals surface area contributed by atoms with E-state index in [4.69, 9.17) is 21.1 Å². The Kier molecular flexibility index (Phi) is 8.13. The molecule has 0 atom stereocenters. The minimum atomic E-state index is -3.94. The second-order valence-corrected chi connectivity index (χ2v) is 11.6. The average molecular weight is 554 g/mol. The molecule has 0 spiro atoms. The zero-order valence-corrected chi connectivity index (χ0v) is 23.0. The summed E-state index contributed by atoms with van der Waals surface area (Å²) in [5, 5.41) is 0.400. The van der Waals surface area contributed by atoms with Crippen molar-refractivity contribution < 1.29 is 17.9 Å². The molecule has 38 heavy (non-hydrogen) atoms. The van der Waals surface area contributed by atoms with Crippen LogP contribution in [0.2, 0.25) is 5.02 Å². The van der Waals surface area contributed by atoms with Crippen LogP contribution in [-0.2, 0) is 15.4 Å². The highest BCUT2D eigenvalue weighted by Crippen LogP contribution is 2.35. The van der Waals surface area contributed by atoms with Crippen molar-refractivity contribution in [3.63, 3.8) is 0 Å². The number of nitrogens with one attached hydrogen (secondary N) is 1. The van der Waals surface area contributed by atoms with E-state index in [1.165, 1.54) is 18.7 Å². The Hall–Kier alpha value is -3.76. The summed E-state index contributed by atoms with van der Waals surface area (Å²) < 4.78 is 40.6. The third-order valence-corrected chi connectivity index (χ3v) is 7.11. The van der Waals surface area contributed by atoms with E-state index in [9.17, 15) is 8.42 Å². The summed E-state index contributed by atoms with van der Waals surface area (Å²) >= 11 is 5.79. The molecule has 0 radical (unpaired) electrons. The van der Waals surface area contributed by atoms with Gasteiger partial charge in [0.25, 0.3) is 10.0 Å². The number of rotatable bonds is 9. The molecule has 0 aliphatic heterocycles. The molecule has 1 N–H and O–H groups in total. The Morgan fingerprint density at radius 2 is 1.50 bits per heavy atom. The van der Waals surface area contributed by atoms with Gasteiger partial charge in [0, 0.05) is 0 Å². The lowest BCUT2D eigenvalue weighted by atomic mass is 9.87. The summed E-state index contributed by atoms with van der Waals surface area (Å²) in [7, 11) is -3.94. The minimum absolute atomic E-state index is 0.0979. The van der Waals surface area contributed by atoms with Gasteiger partial charge < -0.3 is 9.47 Å². The molecule has 0 aliphatic rings. The molecular formula is C27H28ClN5O4S. The number of sulfonamides is 1. The summed E-state index contributed by atoms with van der Waals surface area (Å²) in [6, 6.07) is 14.5. The number of hydrogen-bond donors (Lipinski definition) is 1. The number of nitrogens with zero attached hydrogens (tertiary/aromatic N) is 4. The van der Waals surface area contributed by atoms with Crippen molar-refractivity contribution in [1.82, 2.24) is 19.9 Å². The lowest BCUT2D eigenvalue weighted by Gasteiger charge is -2.19. The molecule has 11 heteroatoms. The highest BCUT2D eigenvalue weighted by atomic mass is 35.5. The topological polar surface area (TPSA) is 116 Å². The van der Waals surface area contributed by atoms with Crippen LogP contribution in [0.4, 0.5) is 5.82 Å². The van der Waals surface area contributed by atoms with Crippen molar-refractivity contribution in [3.05, 3.63) is 83.4 Å². The van der Waals surface area contributed by atoms with Crippen molar-refractivity contribution in [1.29, 1.82) is 0 Å². The SMILES string of the molecule is Cc1ccc(-c2c(NS(=O)(=O)c3ccc(C(C)(C)C)cc3)ncnc2OCCOc2ncc(Cl)cn2)cc1. The number of benzene rings is 2. The highest BCUT2D eigenvalue weighted by Gasteiger charge is 2.22. The smallest absolute Gasteiger partial charge is 0.316 e. The van der Waals surface area contributed by atoms with Gasteiger partial charge in [-0.2, -0.15) is 0 Å². The first-order valence-corrected chi connectivity index (χ1v) is 13.7. The van der Waals surface area contributed by atoms with Crippen molar-refractivity contribution in [2.75, 3.05) is 17.9 Å². The first-order chi connectivity index (χ1) is 18.0. The second kappa shape index (κ2) is 11.3. The molecule has 0 fully saturated rings. The molecule has 4 aromatic rings. The summed E-state index contributed by atoms with van der Waals surface area (Å²) in [4.78, 5) is 16.6. The Morgan fingerprint density at radius 1 is 0.868 bits per heavy atom. The molecule has 2 aromatic heterocycles. The van der Waals surface area contributed by atoms with Gasteiger partial charge in [-0.15, -0.1) is 0 Å². The van der Waals surface area contributed by atoms with E-state index in [0.29, 0.717) is 16.1 Å². The molecule has 0 bridgehead atoms. The van der Waals surface area contributed by atoms with Gasteiger partial charge in [0.1, 0.15) is 19.5 Å². The molecule has 198 valence electrons. The Morgan fingerprint density at radius 3 is 2.13 bits per heavy atom. The molecule has 4 rings (SSSR count). The second-order valence-electron chi connectivity index (χ2n) is 9.53. The summed E-state index contributed by atoms with van der Waals surface area (Å²) in [5.41, 5.74) is 3.07. The van der Waals surface area contributed by atoms with E-state index in [1.54, 1.807) is 12.1 Å². The van der Waals surface area contributed by atoms with Gasteiger partial charge in [0.05, 0.1) is 27.9 Å². The number of aromatic nitrogens is 4. The molecule has 2 heterocycles. The molecule has 0 saturated heterocycles. The monoisotopic (exact) mass is 553 g/mol. The van der Waals surface area contributed by atoms with Crippen LogP contribution < -0.4 is 14.2 Å². The van der Waals surface area contributed by atoms with Crippen molar-refractivity contribution in [2.45, 2.75) is 38.0 Å². The fraction of sp³-hybridized carbons (Fsp3) is 0.259. The van der Waals surface area contributed by atoms with E-state index >= 15 is 0 Å². The molecule has 9 nitrogen and oxygen atoms in total. The molecule has 0 aliphatic carbocycles. The largest absolute Gasteiger partial charge is 0.473 e. The third kappa shape index (κ3) is 6.76. The van der Waals surface area contributed by atoms with Gasteiger partial charge in [0.15, 0.2) is 5.82 Å². The molecular weight excluding hydrogens is 526 g/mol. The van der Waals surface area contributed by atoms with Crippen LogP contribution in [0.3, 0.4) is 0 Å². The summed E-state index contributed by atoms with van der Waals surface area (Å²) in [5.74, 6) is 0.297. The van der Waals surface area contributed by atoms with Gasteiger partial charge in [-0.25, -0.2) is 28.4 Å². The predicted molar refractivity (Wildman–Crippen MR) is 146 cm³/mol. The average Bonchev–Trinajstić information content (AvgIpc) is 2.88. The molecule has 0 unspecified atom stereocenters. The first-order valence-electron chi connectivity index (χ1n) is 11.8. The number of halogens is 1. The number of ether oxygens (including phenoxy) is 2. The number of hydrogen-bond acceptors (Lipinski definition) is 8. The van der Waals surface area contributed by atoms with Gasteiger partial charge in [0.2, 0.25) is 5.88 Å². The number of anilines is 1. The van der Waals surface area contributed by atoms with Crippen LogP contribution >= 0.6 is 11.6 Å². The zero-order chi connectivity index (χ0) is 27.3. The Labute approximate surface area is 227 Å². The van der Waals surface area contributed by atoms with Gasteiger partial charge in [-0.1, -0.05) is 74.3 Å². The van der Waals surface area contributed by atoms with Crippen LogP contribution in [0.25, 0.3) is 11.1 Å². The minimum Gasteiger partial charge on any atom is -0.473 e. The van der Waals surface area contributed by atoms with Crippen LogP contribution in [0.15, 0.2) is 72.1 Å². The molecule has 0 saturated carbocycles. The highest BCUT2D eigenvalue weighted by molar-refractivity contribution is 7.92. The van der Waals surface area contributed by atoms with Gasteiger partial charge >= 0.3 is 6.01 Å². The number of aryl methyl sites for hydroxylation is 1. The Bertz CT molecular complexity index is 1490. The Balaban J connectivity index is 1.60. The fourth-order valence-electron chi connectivity index (χ4n) is 3.50. The molecule has 2 aromatic carbocycles. The van der Waals surface area contributed by atoms with Gasteiger partial charge in [-0.3, -0.25) is 4.72 Å². The first kappa shape index (κ1) is 27.3. The van der Waals surface area contributed by atoms with Crippen molar-refractivity contribution in [2.24, 2.45) is 0 Å². The maximum absolute atomic E-state index is 13.3. The van der Waals surface area contributed by atoms with Gasteiger partial charge in [-0.05, 0) is 35.6 Å². The van der Waals surface area contributed by atoms with E-state index in [1.807, 2.05) is 43.3 Å². The van der Waals surface area contributed by atoms with Crippen molar-refractivity contribution >= 4 is 27.4 Å². The molecule has 0 amide bonds.